The van der Waals surface area contributed by atoms with Crippen molar-refractivity contribution < 1.29 is 14.7 Å². The van der Waals surface area contributed by atoms with Crippen LogP contribution in [0.4, 0.5) is 0 Å². The van der Waals surface area contributed by atoms with Crippen LogP contribution in [0.1, 0.15) is 39.0 Å². The average molecular weight is 254 g/mol. The van der Waals surface area contributed by atoms with E-state index in [-0.39, 0.29) is 23.9 Å². The average Bonchev–Trinajstić information content (AvgIpc) is 3.20. The van der Waals surface area contributed by atoms with E-state index < -0.39 is 5.97 Å². The predicted octanol–water partition coefficient (Wildman–Crippen LogP) is 0.842. The molecule has 2 N–H and O–H groups in total. The number of hydrogen-bond donors (Lipinski definition) is 2. The fourth-order valence-electron chi connectivity index (χ4n) is 2.83. The Bertz CT molecular complexity index is 333. The maximum atomic E-state index is 12.7. The van der Waals surface area contributed by atoms with E-state index in [4.69, 9.17) is 5.11 Å². The van der Waals surface area contributed by atoms with Crippen LogP contribution in [0, 0.1) is 5.41 Å². The van der Waals surface area contributed by atoms with Gasteiger partial charge >= 0.3 is 5.97 Å². The number of rotatable bonds is 5. The molecule has 1 saturated heterocycles. The number of nitrogens with zero attached hydrogens (tertiary/aromatic N) is 1. The zero-order valence-corrected chi connectivity index (χ0v) is 10.9. The standard InChI is InChI=1S/C13H22N2O3/c1-2-13(5-7-14-8-6-13)12(18)15(9-11(16)17)10-3-4-10/h10,14H,2-9H2,1H3,(H,16,17). The van der Waals surface area contributed by atoms with Crippen molar-refractivity contribution in [3.63, 3.8) is 0 Å². The quantitative estimate of drug-likeness (QED) is 0.763. The molecule has 0 unspecified atom stereocenters. The molecular formula is C13H22N2O3. The van der Waals surface area contributed by atoms with Gasteiger partial charge in [-0.3, -0.25) is 9.59 Å². The van der Waals surface area contributed by atoms with Gasteiger partial charge in [0.15, 0.2) is 0 Å². The minimum Gasteiger partial charge on any atom is -0.480 e. The molecule has 1 aliphatic carbocycles. The van der Waals surface area contributed by atoms with E-state index >= 15 is 0 Å². The van der Waals surface area contributed by atoms with Crippen LogP contribution in [-0.2, 0) is 9.59 Å². The van der Waals surface area contributed by atoms with Gasteiger partial charge in [-0.15, -0.1) is 0 Å². The normalized spacial score (nSPS) is 22.5. The lowest BCUT2D eigenvalue weighted by Crippen LogP contribution is -2.51. The highest BCUT2D eigenvalue weighted by atomic mass is 16.4. The predicted molar refractivity (Wildman–Crippen MR) is 67.2 cm³/mol. The molecule has 1 saturated carbocycles. The van der Waals surface area contributed by atoms with Crippen LogP contribution in [0.15, 0.2) is 0 Å². The van der Waals surface area contributed by atoms with E-state index in [9.17, 15) is 9.59 Å². The van der Waals surface area contributed by atoms with Gasteiger partial charge in [0.1, 0.15) is 6.54 Å². The van der Waals surface area contributed by atoms with Gasteiger partial charge in [-0.1, -0.05) is 6.92 Å². The third-order valence-electron chi connectivity index (χ3n) is 4.25. The smallest absolute Gasteiger partial charge is 0.323 e. The Labute approximate surface area is 108 Å². The number of hydrogen-bond acceptors (Lipinski definition) is 3. The molecule has 0 spiro atoms. The SMILES string of the molecule is CCC1(C(=O)N(CC(=O)O)C2CC2)CCNCC1. The van der Waals surface area contributed by atoms with E-state index in [1.165, 1.54) is 0 Å². The highest BCUT2D eigenvalue weighted by Crippen LogP contribution is 2.38. The second-order valence-corrected chi connectivity index (χ2v) is 5.44. The van der Waals surface area contributed by atoms with Gasteiger partial charge in [0.2, 0.25) is 5.91 Å². The number of carboxylic acids is 1. The Hall–Kier alpha value is -1.10. The lowest BCUT2D eigenvalue weighted by atomic mass is 9.75. The van der Waals surface area contributed by atoms with Gasteiger partial charge in [0, 0.05) is 6.04 Å². The summed E-state index contributed by atoms with van der Waals surface area (Å²) in [6.45, 7) is 3.60. The number of carboxylic acid groups (broad SMARTS) is 1. The van der Waals surface area contributed by atoms with E-state index in [1.54, 1.807) is 4.90 Å². The van der Waals surface area contributed by atoms with Gasteiger partial charge < -0.3 is 15.3 Å². The molecule has 2 aliphatic rings. The molecule has 0 atom stereocenters. The third kappa shape index (κ3) is 2.66. The molecule has 0 aromatic rings. The van der Waals surface area contributed by atoms with Crippen LogP contribution in [0.2, 0.25) is 0 Å². The minimum atomic E-state index is -0.907. The van der Waals surface area contributed by atoms with Gasteiger partial charge in [-0.2, -0.15) is 0 Å². The molecule has 18 heavy (non-hydrogen) atoms. The van der Waals surface area contributed by atoms with Crippen LogP contribution >= 0.6 is 0 Å². The van der Waals surface area contributed by atoms with Crippen molar-refractivity contribution in [3.05, 3.63) is 0 Å². The lowest BCUT2D eigenvalue weighted by molar-refractivity contribution is -0.151. The van der Waals surface area contributed by atoms with Crippen LogP contribution < -0.4 is 5.32 Å². The molecule has 5 nitrogen and oxygen atoms in total. The van der Waals surface area contributed by atoms with Gasteiger partial charge in [0.25, 0.3) is 0 Å². The zero-order chi connectivity index (χ0) is 13.2. The highest BCUT2D eigenvalue weighted by molar-refractivity contribution is 5.86. The maximum absolute atomic E-state index is 12.7. The lowest BCUT2D eigenvalue weighted by Gasteiger charge is -2.39. The van der Waals surface area contributed by atoms with Crippen LogP contribution in [0.25, 0.3) is 0 Å². The largest absolute Gasteiger partial charge is 0.480 e. The molecule has 2 rings (SSSR count). The Morgan fingerprint density at radius 2 is 1.94 bits per heavy atom. The summed E-state index contributed by atoms with van der Waals surface area (Å²) in [5, 5.41) is 12.2. The Balaban J connectivity index is 2.12. The number of piperidine rings is 1. The molecule has 102 valence electrons. The maximum Gasteiger partial charge on any atom is 0.323 e. The Morgan fingerprint density at radius 1 is 1.33 bits per heavy atom. The molecule has 0 radical (unpaired) electrons. The monoisotopic (exact) mass is 254 g/mol. The third-order valence-corrected chi connectivity index (χ3v) is 4.25. The molecule has 1 aliphatic heterocycles. The first-order valence-electron chi connectivity index (χ1n) is 6.82. The summed E-state index contributed by atoms with van der Waals surface area (Å²) in [6, 6.07) is 0.173. The van der Waals surface area contributed by atoms with E-state index in [0.717, 1.165) is 45.2 Å². The summed E-state index contributed by atoms with van der Waals surface area (Å²) in [5.41, 5.74) is -0.330. The number of amides is 1. The second kappa shape index (κ2) is 5.26. The van der Waals surface area contributed by atoms with Gasteiger partial charge in [-0.05, 0) is 45.2 Å². The number of aliphatic carboxylic acids is 1. The van der Waals surface area contributed by atoms with Crippen LogP contribution in [0.3, 0.4) is 0 Å². The highest BCUT2D eigenvalue weighted by Gasteiger charge is 2.45. The molecule has 0 aromatic heterocycles. The minimum absolute atomic E-state index is 0.0661. The number of nitrogens with one attached hydrogen (secondary N) is 1. The molecule has 1 heterocycles. The zero-order valence-electron chi connectivity index (χ0n) is 10.9. The Morgan fingerprint density at radius 3 is 2.39 bits per heavy atom. The van der Waals surface area contributed by atoms with Crippen molar-refractivity contribution in [2.75, 3.05) is 19.6 Å². The fraction of sp³-hybridized carbons (Fsp3) is 0.846. The van der Waals surface area contributed by atoms with Crippen molar-refractivity contribution in [3.8, 4) is 0 Å². The first-order valence-corrected chi connectivity index (χ1v) is 6.82. The first-order chi connectivity index (χ1) is 8.59. The number of carbonyl (C=O) groups excluding carboxylic acids is 1. The van der Waals surface area contributed by atoms with Gasteiger partial charge in [0.05, 0.1) is 5.41 Å². The molecule has 1 amide bonds. The second-order valence-electron chi connectivity index (χ2n) is 5.44. The summed E-state index contributed by atoms with van der Waals surface area (Å²) in [5.74, 6) is -0.841. The van der Waals surface area contributed by atoms with Crippen molar-refractivity contribution in [1.29, 1.82) is 0 Å². The molecule has 2 fully saturated rings. The van der Waals surface area contributed by atoms with Gasteiger partial charge in [-0.25, -0.2) is 0 Å². The van der Waals surface area contributed by atoms with E-state index in [1.807, 2.05) is 6.92 Å². The summed E-state index contributed by atoms with van der Waals surface area (Å²) < 4.78 is 0. The van der Waals surface area contributed by atoms with Crippen molar-refractivity contribution >= 4 is 11.9 Å². The molecule has 0 aromatic carbocycles. The molecule has 0 bridgehead atoms. The summed E-state index contributed by atoms with van der Waals surface area (Å²) >= 11 is 0. The first kappa shape index (κ1) is 13.3. The molecular weight excluding hydrogens is 232 g/mol. The van der Waals surface area contributed by atoms with E-state index in [2.05, 4.69) is 5.32 Å². The van der Waals surface area contributed by atoms with Crippen molar-refractivity contribution in [2.24, 2.45) is 5.41 Å². The Kier molecular flexibility index (Phi) is 3.90. The van der Waals surface area contributed by atoms with Crippen LogP contribution in [0.5, 0.6) is 0 Å². The summed E-state index contributed by atoms with van der Waals surface area (Å²) in [7, 11) is 0. The number of carbonyl (C=O) groups is 2. The summed E-state index contributed by atoms with van der Waals surface area (Å²) in [4.78, 5) is 25.2. The van der Waals surface area contributed by atoms with Crippen LogP contribution in [-0.4, -0.2) is 47.6 Å². The van der Waals surface area contributed by atoms with E-state index in [0.29, 0.717) is 0 Å². The fourth-order valence-corrected chi connectivity index (χ4v) is 2.83. The topological polar surface area (TPSA) is 69.6 Å². The van der Waals surface area contributed by atoms with Crippen molar-refractivity contribution in [2.45, 2.75) is 45.1 Å². The molecule has 5 heteroatoms. The van der Waals surface area contributed by atoms with Crippen molar-refractivity contribution in [1.82, 2.24) is 10.2 Å². The summed E-state index contributed by atoms with van der Waals surface area (Å²) in [6.07, 6.45) is 4.36.